The molecule has 2 fully saturated rings. The van der Waals surface area contributed by atoms with Gasteiger partial charge in [-0.05, 0) is 49.8 Å². The molecule has 250 valence electrons. The zero-order valence-corrected chi connectivity index (χ0v) is 27.4. The van der Waals surface area contributed by atoms with E-state index in [1.807, 2.05) is 25.1 Å². The maximum absolute atomic E-state index is 12.3. The number of aliphatic hydroxyl groups is 1. The molecule has 1 amide bonds. The molecule has 0 spiro atoms. The lowest BCUT2D eigenvalue weighted by molar-refractivity contribution is -0.322. The van der Waals surface area contributed by atoms with Crippen molar-refractivity contribution in [3.8, 4) is 11.5 Å². The Morgan fingerprint density at radius 2 is 1.84 bits per heavy atom. The third kappa shape index (κ3) is 11.0. The maximum atomic E-state index is 12.3. The van der Waals surface area contributed by atoms with E-state index in [-0.39, 0.29) is 18.1 Å². The van der Waals surface area contributed by atoms with E-state index in [9.17, 15) is 9.90 Å². The van der Waals surface area contributed by atoms with Crippen molar-refractivity contribution in [3.05, 3.63) is 35.9 Å². The Morgan fingerprint density at radius 1 is 1.07 bits per heavy atom. The van der Waals surface area contributed by atoms with E-state index in [1.165, 1.54) is 14.2 Å². The van der Waals surface area contributed by atoms with Gasteiger partial charge in [0.25, 0.3) is 0 Å². The molecule has 8 atom stereocenters. The topological polar surface area (TPSA) is 123 Å². The number of hydrogen-bond donors (Lipinski definition) is 2. The largest absolute Gasteiger partial charge is 0.493 e. The molecule has 3 rings (SSSR count). The minimum Gasteiger partial charge on any atom is -0.493 e. The molecule has 0 saturated carbocycles. The molecule has 44 heavy (non-hydrogen) atoms. The predicted molar refractivity (Wildman–Crippen MR) is 164 cm³/mol. The first kappa shape index (κ1) is 36.2. The Morgan fingerprint density at radius 3 is 2.52 bits per heavy atom. The Kier molecular flexibility index (Phi) is 15.4. The first-order chi connectivity index (χ1) is 21.2. The smallest absolute Gasteiger partial charge is 0.220 e. The average Bonchev–Trinajstić information content (AvgIpc) is 2.98. The zero-order chi connectivity index (χ0) is 32.1. The predicted octanol–water partition coefficient (Wildman–Crippen LogP) is 4.14. The van der Waals surface area contributed by atoms with Crippen molar-refractivity contribution >= 4 is 5.91 Å². The van der Waals surface area contributed by atoms with Gasteiger partial charge in [0.1, 0.15) is 18.3 Å². The van der Waals surface area contributed by atoms with Gasteiger partial charge in [-0.1, -0.05) is 32.1 Å². The van der Waals surface area contributed by atoms with Gasteiger partial charge in [0.2, 0.25) is 12.2 Å². The van der Waals surface area contributed by atoms with Crippen LogP contribution in [0.1, 0.15) is 64.9 Å². The van der Waals surface area contributed by atoms with Crippen LogP contribution < -0.4 is 14.8 Å². The number of hydrogen-bond acceptors (Lipinski definition) is 10. The Hall–Kier alpha value is -2.25. The van der Waals surface area contributed by atoms with Crippen LogP contribution in [-0.2, 0) is 39.8 Å². The van der Waals surface area contributed by atoms with Crippen LogP contribution >= 0.6 is 0 Å². The molecule has 2 N–H and O–H groups in total. The molecule has 0 radical (unpaired) electrons. The van der Waals surface area contributed by atoms with Crippen molar-refractivity contribution in [3.63, 3.8) is 0 Å². The highest BCUT2D eigenvalue weighted by atomic mass is 16.7. The van der Waals surface area contributed by atoms with E-state index in [4.69, 9.17) is 37.9 Å². The fourth-order valence-electron chi connectivity index (χ4n) is 5.55. The van der Waals surface area contributed by atoms with Gasteiger partial charge in [-0.15, -0.1) is 0 Å². The fourth-order valence-corrected chi connectivity index (χ4v) is 5.55. The molecule has 1 aromatic carbocycles. The summed E-state index contributed by atoms with van der Waals surface area (Å²) in [6.07, 6.45) is 4.07. The van der Waals surface area contributed by atoms with Crippen LogP contribution in [0.2, 0.25) is 0 Å². The van der Waals surface area contributed by atoms with Crippen LogP contribution in [0.4, 0.5) is 0 Å². The van der Waals surface area contributed by atoms with E-state index >= 15 is 0 Å². The van der Waals surface area contributed by atoms with Crippen LogP contribution in [0.25, 0.3) is 0 Å². The molecular weight excluding hydrogens is 570 g/mol. The van der Waals surface area contributed by atoms with Gasteiger partial charge in [-0.25, -0.2) is 0 Å². The number of ether oxygens (including phenoxy) is 8. The van der Waals surface area contributed by atoms with Crippen LogP contribution in [-0.4, -0.2) is 95.3 Å². The lowest BCUT2D eigenvalue weighted by atomic mass is 9.99. The van der Waals surface area contributed by atoms with Crippen molar-refractivity contribution < 1.29 is 47.8 Å². The Bertz CT molecular complexity index is 1020. The molecule has 2 aliphatic heterocycles. The number of carbonyl (C=O) groups is 1. The molecular formula is C33H53NO10. The summed E-state index contributed by atoms with van der Waals surface area (Å²) >= 11 is 0. The summed E-state index contributed by atoms with van der Waals surface area (Å²) in [4.78, 5) is 12.3. The lowest BCUT2D eigenvalue weighted by Crippen LogP contribution is -2.59. The summed E-state index contributed by atoms with van der Waals surface area (Å²) in [5.74, 6) is 1.62. The number of carbonyl (C=O) groups excluding carboxylic acids is 1. The molecule has 11 heteroatoms. The molecule has 2 aliphatic rings. The van der Waals surface area contributed by atoms with Crippen molar-refractivity contribution in [1.29, 1.82) is 0 Å². The van der Waals surface area contributed by atoms with Crippen LogP contribution in [0, 0.1) is 5.92 Å². The Balaban J connectivity index is 1.57. The molecule has 0 aromatic heterocycles. The molecule has 0 aliphatic carbocycles. The van der Waals surface area contributed by atoms with Crippen molar-refractivity contribution in [1.82, 2.24) is 5.32 Å². The molecule has 0 unspecified atom stereocenters. The lowest BCUT2D eigenvalue weighted by Gasteiger charge is -2.44. The summed E-state index contributed by atoms with van der Waals surface area (Å²) in [6, 6.07) is 5.56. The van der Waals surface area contributed by atoms with E-state index in [0.29, 0.717) is 49.8 Å². The highest BCUT2D eigenvalue weighted by Crippen LogP contribution is 2.34. The average molecular weight is 624 g/mol. The second kappa shape index (κ2) is 18.7. The molecule has 0 bridgehead atoms. The highest BCUT2D eigenvalue weighted by Gasteiger charge is 2.46. The summed E-state index contributed by atoms with van der Waals surface area (Å²) in [5.41, 5.74) is 0.896. The summed E-state index contributed by atoms with van der Waals surface area (Å²) in [7, 11) is 6.23. The number of amides is 1. The standard InChI is InChI=1S/C33H53NO10/c1-21(2)12-10-8-9-11-13-28(35)34-19-23-14-15-26(27(16-23)38-5)44-29-18-24(17-25(42-29)20-37-4)43-33-32(40-7)30(36)31(39-6)22(3)41-33/h10,12,14-16,21-22,24-25,29-33,36H,8-9,11,13,17-20H2,1-7H3,(H,34,35)/b12-10+/t22-,24+,25+,29+,30+,31-,32-,33+/m1/s1. The van der Waals surface area contributed by atoms with Gasteiger partial charge in [0.05, 0.1) is 32.0 Å². The highest BCUT2D eigenvalue weighted by molar-refractivity contribution is 5.75. The van der Waals surface area contributed by atoms with Gasteiger partial charge in [-0.2, -0.15) is 0 Å². The van der Waals surface area contributed by atoms with Crippen molar-refractivity contribution in [2.45, 2.75) is 115 Å². The monoisotopic (exact) mass is 623 g/mol. The number of aliphatic hydroxyl groups excluding tert-OH is 1. The molecule has 2 saturated heterocycles. The SMILES string of the molecule is COC[C@@H]1C[C@H](O[C@@H]2O[C@H](C)[C@@H](OC)[C@H](O)[C@H]2OC)C[C@H](Oc2ccc(CNC(=O)CCCC/C=C/C(C)C)cc2OC)O1. The molecule has 11 nitrogen and oxygen atoms in total. The van der Waals surface area contributed by atoms with E-state index < -0.39 is 37.0 Å². The minimum atomic E-state index is -0.912. The first-order valence-corrected chi connectivity index (χ1v) is 15.6. The van der Waals surface area contributed by atoms with Crippen LogP contribution in [0.15, 0.2) is 30.4 Å². The summed E-state index contributed by atoms with van der Waals surface area (Å²) in [6.45, 7) is 6.89. The Labute approximate surface area is 262 Å². The first-order valence-electron chi connectivity index (χ1n) is 15.6. The van der Waals surface area contributed by atoms with Crippen molar-refractivity contribution in [2.75, 3.05) is 35.0 Å². The number of nitrogens with one attached hydrogen (secondary N) is 1. The van der Waals surface area contributed by atoms with E-state index in [2.05, 4.69) is 31.3 Å². The third-order valence-electron chi connectivity index (χ3n) is 7.82. The second-order valence-corrected chi connectivity index (χ2v) is 11.8. The van der Waals surface area contributed by atoms with Gasteiger partial charge in [0, 0.05) is 47.1 Å². The van der Waals surface area contributed by atoms with Crippen LogP contribution in [0.3, 0.4) is 0 Å². The number of allylic oxidation sites excluding steroid dienone is 2. The van der Waals surface area contributed by atoms with Gasteiger partial charge in [0.15, 0.2) is 17.8 Å². The molecule has 2 heterocycles. The quantitative estimate of drug-likeness (QED) is 0.193. The fraction of sp³-hybridized carbons (Fsp3) is 0.727. The van der Waals surface area contributed by atoms with Gasteiger partial charge in [-0.3, -0.25) is 4.79 Å². The van der Waals surface area contributed by atoms with E-state index in [1.54, 1.807) is 14.2 Å². The third-order valence-corrected chi connectivity index (χ3v) is 7.82. The van der Waals surface area contributed by atoms with Gasteiger partial charge >= 0.3 is 0 Å². The summed E-state index contributed by atoms with van der Waals surface area (Å²) < 4.78 is 46.8. The number of unbranched alkanes of at least 4 members (excludes halogenated alkanes) is 2. The normalized spacial score (nSPS) is 29.2. The maximum Gasteiger partial charge on any atom is 0.220 e. The minimum absolute atomic E-state index is 0.0280. The van der Waals surface area contributed by atoms with E-state index in [0.717, 1.165) is 24.8 Å². The van der Waals surface area contributed by atoms with Crippen molar-refractivity contribution in [2.24, 2.45) is 5.92 Å². The number of rotatable bonds is 17. The number of methoxy groups -OCH3 is 4. The zero-order valence-electron chi connectivity index (χ0n) is 27.4. The van der Waals surface area contributed by atoms with Gasteiger partial charge < -0.3 is 48.3 Å². The summed E-state index contributed by atoms with van der Waals surface area (Å²) in [5, 5.41) is 13.8. The second-order valence-electron chi connectivity index (χ2n) is 11.8. The van der Waals surface area contributed by atoms with Crippen LogP contribution in [0.5, 0.6) is 11.5 Å². The number of benzene rings is 1. The molecule has 1 aromatic rings.